The first-order chi connectivity index (χ1) is 19.2. The number of benzene rings is 5. The Morgan fingerprint density at radius 3 is 1.69 bits per heavy atom. The van der Waals surface area contributed by atoms with E-state index in [4.69, 9.17) is 12.8 Å². The average Bonchev–Trinajstić information content (AvgIpc) is 3.63. The number of aromatic amines is 2. The molecule has 2 aromatic heterocycles. The SMILES string of the molecule is [B]c1ccc2[nH]cc(-c3nc(-c4ccc(-c5ccccc5)cc4)c(-c4ccc(-c5ccccc5)cc4)[nH]3)c2c1. The molecule has 182 valence electrons. The van der Waals surface area contributed by atoms with Crippen LogP contribution in [0.15, 0.2) is 134 Å². The van der Waals surface area contributed by atoms with Gasteiger partial charge in [-0.25, -0.2) is 4.98 Å². The number of hydrogen-bond acceptors (Lipinski definition) is 1. The van der Waals surface area contributed by atoms with Gasteiger partial charge in [0.2, 0.25) is 0 Å². The van der Waals surface area contributed by atoms with Crippen molar-refractivity contribution in [3.05, 3.63) is 134 Å². The van der Waals surface area contributed by atoms with Gasteiger partial charge in [0, 0.05) is 33.8 Å². The molecule has 7 aromatic rings. The third-order valence-electron chi connectivity index (χ3n) is 7.21. The van der Waals surface area contributed by atoms with Crippen molar-refractivity contribution in [3.63, 3.8) is 0 Å². The summed E-state index contributed by atoms with van der Waals surface area (Å²) in [4.78, 5) is 12.1. The fourth-order valence-electron chi connectivity index (χ4n) is 5.16. The van der Waals surface area contributed by atoms with E-state index < -0.39 is 0 Å². The molecule has 0 spiro atoms. The van der Waals surface area contributed by atoms with Crippen molar-refractivity contribution in [2.45, 2.75) is 0 Å². The molecule has 0 fully saturated rings. The highest BCUT2D eigenvalue weighted by atomic mass is 14.9. The molecule has 0 aliphatic heterocycles. The van der Waals surface area contributed by atoms with E-state index in [1.54, 1.807) is 0 Å². The number of aromatic nitrogens is 3. The summed E-state index contributed by atoms with van der Waals surface area (Å²) in [7, 11) is 6.13. The van der Waals surface area contributed by atoms with E-state index in [-0.39, 0.29) is 0 Å². The Balaban J connectivity index is 1.35. The first-order valence-electron chi connectivity index (χ1n) is 13.0. The van der Waals surface area contributed by atoms with Crippen LogP contribution in [0.1, 0.15) is 0 Å². The lowest BCUT2D eigenvalue weighted by Gasteiger charge is -2.07. The van der Waals surface area contributed by atoms with Crippen molar-refractivity contribution in [1.82, 2.24) is 15.0 Å². The van der Waals surface area contributed by atoms with Crippen LogP contribution in [0.2, 0.25) is 0 Å². The molecule has 0 amide bonds. The van der Waals surface area contributed by atoms with E-state index in [2.05, 4.69) is 107 Å². The smallest absolute Gasteiger partial charge is 0.140 e. The second-order valence-corrected chi connectivity index (χ2v) is 9.70. The predicted molar refractivity (Wildman–Crippen MR) is 163 cm³/mol. The van der Waals surface area contributed by atoms with Crippen molar-refractivity contribution in [1.29, 1.82) is 0 Å². The third kappa shape index (κ3) is 4.36. The molecule has 0 saturated carbocycles. The van der Waals surface area contributed by atoms with Crippen molar-refractivity contribution >= 4 is 24.2 Å². The summed E-state index contributed by atoms with van der Waals surface area (Å²) < 4.78 is 0. The lowest BCUT2D eigenvalue weighted by molar-refractivity contribution is 1.31. The van der Waals surface area contributed by atoms with Crippen molar-refractivity contribution in [2.75, 3.05) is 0 Å². The molecule has 2 N–H and O–H groups in total. The summed E-state index contributed by atoms with van der Waals surface area (Å²) in [6.45, 7) is 0. The summed E-state index contributed by atoms with van der Waals surface area (Å²) in [5.74, 6) is 0.802. The van der Waals surface area contributed by atoms with Crippen LogP contribution in [0, 0.1) is 0 Å². The standard InChI is InChI=1S/C35H24BN3/c36-29-19-20-32-30(21-29)31(22-37-32)35-38-33(27-15-11-25(12-16-27)23-7-3-1-4-8-23)34(39-35)28-17-13-26(14-18-28)24-9-5-2-6-10-24/h1-22,37H,(H,38,39). The number of nitrogens with one attached hydrogen (secondary N) is 2. The van der Waals surface area contributed by atoms with Crippen LogP contribution in [0.5, 0.6) is 0 Å². The number of nitrogens with zero attached hydrogens (tertiary/aromatic N) is 1. The van der Waals surface area contributed by atoms with Gasteiger partial charge in [0.05, 0.1) is 11.4 Å². The molecular formula is C35H24BN3. The predicted octanol–water partition coefficient (Wildman–Crippen LogP) is 8.02. The van der Waals surface area contributed by atoms with Gasteiger partial charge in [-0.1, -0.05) is 127 Å². The Hall–Kier alpha value is -5.09. The number of rotatable bonds is 5. The molecule has 3 nitrogen and oxygen atoms in total. The molecule has 5 aromatic carbocycles. The maximum Gasteiger partial charge on any atom is 0.140 e. The van der Waals surface area contributed by atoms with Gasteiger partial charge < -0.3 is 9.97 Å². The summed E-state index contributed by atoms with van der Waals surface area (Å²) in [6.07, 6.45) is 1.99. The molecule has 2 heterocycles. The maximum atomic E-state index is 6.13. The largest absolute Gasteiger partial charge is 0.360 e. The Morgan fingerprint density at radius 1 is 0.538 bits per heavy atom. The summed E-state index contributed by atoms with van der Waals surface area (Å²) in [5.41, 5.74) is 11.5. The summed E-state index contributed by atoms with van der Waals surface area (Å²) >= 11 is 0. The monoisotopic (exact) mass is 497 g/mol. The molecule has 7 rings (SSSR count). The van der Waals surface area contributed by atoms with Gasteiger partial charge in [-0.2, -0.15) is 0 Å². The number of fused-ring (bicyclic) bond motifs is 1. The molecule has 0 unspecified atom stereocenters. The van der Waals surface area contributed by atoms with Crippen LogP contribution < -0.4 is 5.46 Å². The second-order valence-electron chi connectivity index (χ2n) is 9.70. The average molecular weight is 497 g/mol. The number of imidazole rings is 1. The van der Waals surface area contributed by atoms with E-state index in [1.165, 1.54) is 22.3 Å². The Morgan fingerprint density at radius 2 is 1.08 bits per heavy atom. The first kappa shape index (κ1) is 23.1. The molecule has 0 saturated heterocycles. The lowest BCUT2D eigenvalue weighted by Crippen LogP contribution is -1.99. The third-order valence-corrected chi connectivity index (χ3v) is 7.21. The topological polar surface area (TPSA) is 44.5 Å². The highest BCUT2D eigenvalue weighted by Crippen LogP contribution is 2.36. The first-order valence-corrected chi connectivity index (χ1v) is 13.0. The van der Waals surface area contributed by atoms with Gasteiger partial charge in [-0.05, 0) is 28.3 Å². The molecule has 0 atom stereocenters. The van der Waals surface area contributed by atoms with Gasteiger partial charge in [0.1, 0.15) is 13.7 Å². The maximum absolute atomic E-state index is 6.13. The molecule has 0 aliphatic rings. The van der Waals surface area contributed by atoms with Gasteiger partial charge >= 0.3 is 0 Å². The molecular weight excluding hydrogens is 473 g/mol. The molecule has 0 bridgehead atoms. The van der Waals surface area contributed by atoms with Crippen LogP contribution in [0.4, 0.5) is 0 Å². The normalized spacial score (nSPS) is 11.2. The van der Waals surface area contributed by atoms with Gasteiger partial charge in [0.15, 0.2) is 0 Å². The highest BCUT2D eigenvalue weighted by Gasteiger charge is 2.18. The van der Waals surface area contributed by atoms with Crippen LogP contribution in [-0.4, -0.2) is 22.8 Å². The van der Waals surface area contributed by atoms with Gasteiger partial charge in [-0.3, -0.25) is 0 Å². The van der Waals surface area contributed by atoms with Crippen LogP contribution >= 0.6 is 0 Å². The fraction of sp³-hybridized carbons (Fsp3) is 0. The lowest BCUT2D eigenvalue weighted by atomic mass is 9.94. The van der Waals surface area contributed by atoms with E-state index in [9.17, 15) is 0 Å². The number of H-pyrrole nitrogens is 2. The summed E-state index contributed by atoms with van der Waals surface area (Å²) in [5, 5.41) is 1.04. The Bertz CT molecular complexity index is 1780. The van der Waals surface area contributed by atoms with Crippen molar-refractivity contribution in [3.8, 4) is 56.2 Å². The Labute approximate surface area is 228 Å². The zero-order chi connectivity index (χ0) is 26.2. The van der Waals surface area contributed by atoms with Gasteiger partial charge in [0.25, 0.3) is 0 Å². The molecule has 0 aliphatic carbocycles. The fourth-order valence-corrected chi connectivity index (χ4v) is 5.16. The van der Waals surface area contributed by atoms with E-state index in [1.807, 2.05) is 36.5 Å². The van der Waals surface area contributed by atoms with Crippen LogP contribution in [0.25, 0.3) is 67.1 Å². The van der Waals surface area contributed by atoms with Gasteiger partial charge in [-0.15, -0.1) is 0 Å². The highest BCUT2D eigenvalue weighted by molar-refractivity contribution is 6.33. The van der Waals surface area contributed by atoms with E-state index in [0.717, 1.165) is 50.3 Å². The zero-order valence-electron chi connectivity index (χ0n) is 21.2. The van der Waals surface area contributed by atoms with Crippen LogP contribution in [0.3, 0.4) is 0 Å². The molecule has 39 heavy (non-hydrogen) atoms. The van der Waals surface area contributed by atoms with Crippen LogP contribution in [-0.2, 0) is 0 Å². The number of hydrogen-bond donors (Lipinski definition) is 2. The zero-order valence-corrected chi connectivity index (χ0v) is 21.2. The quantitative estimate of drug-likeness (QED) is 0.233. The minimum Gasteiger partial charge on any atom is -0.360 e. The Kier molecular flexibility index (Phi) is 5.71. The van der Waals surface area contributed by atoms with E-state index >= 15 is 0 Å². The molecule has 2 radical (unpaired) electrons. The second kappa shape index (κ2) is 9.66. The summed E-state index contributed by atoms with van der Waals surface area (Å²) in [6, 6.07) is 44.0. The van der Waals surface area contributed by atoms with E-state index in [0.29, 0.717) is 0 Å². The van der Waals surface area contributed by atoms with Crippen molar-refractivity contribution in [2.24, 2.45) is 0 Å². The van der Waals surface area contributed by atoms with Crippen molar-refractivity contribution < 1.29 is 0 Å². The molecule has 4 heteroatoms. The minimum atomic E-state index is 0.725. The minimum absolute atomic E-state index is 0.725.